The van der Waals surface area contributed by atoms with Gasteiger partial charge in [0, 0.05) is 23.6 Å². The van der Waals surface area contributed by atoms with Gasteiger partial charge in [0.1, 0.15) is 0 Å². The van der Waals surface area contributed by atoms with Crippen LogP contribution >= 0.6 is 0 Å². The number of rotatable bonds is 4. The van der Waals surface area contributed by atoms with Gasteiger partial charge >= 0.3 is 24.7 Å². The van der Waals surface area contributed by atoms with Gasteiger partial charge in [-0.05, 0) is 54.8 Å². The molecule has 0 atom stereocenters. The molecule has 0 fully saturated rings. The highest BCUT2D eigenvalue weighted by Crippen LogP contribution is 2.37. The second-order valence-corrected chi connectivity index (χ2v) is 7.29. The molecule has 0 N–H and O–H groups in total. The Kier molecular flexibility index (Phi) is 11.1. The second kappa shape index (κ2) is 13.3. The molecule has 0 spiro atoms. The van der Waals surface area contributed by atoms with Gasteiger partial charge in [-0.15, -0.1) is 0 Å². The molecule has 3 rings (SSSR count). The van der Waals surface area contributed by atoms with E-state index in [1.54, 1.807) is 21.9 Å². The first-order chi connectivity index (χ1) is 16.9. The van der Waals surface area contributed by atoms with Gasteiger partial charge in [-0.25, -0.2) is 0 Å². The van der Waals surface area contributed by atoms with Crippen LogP contribution in [0.3, 0.4) is 0 Å². The molecule has 2 aromatic rings. The molecule has 0 aliphatic carbocycles. The largest absolute Gasteiger partial charge is 0.416 e. The number of anilines is 2. The van der Waals surface area contributed by atoms with Crippen LogP contribution in [0.2, 0.25) is 0 Å². The minimum Gasteiger partial charge on any atom is -0.349 e. The standard InChI is InChI=1S/C22H22F6N2.2CO2/c1-3-15-13-29(18-9-5-7-16(11-18)21(23,24)25)14-30(20(15)4-2)19-10-6-8-17(12-19)22(26,27)28;2*2-1-3/h5-12H,3-4,13-14H2,1-2H3;;. The number of benzene rings is 2. The zero-order chi connectivity index (χ0) is 27.5. The van der Waals surface area contributed by atoms with E-state index < -0.39 is 23.5 Å². The van der Waals surface area contributed by atoms with E-state index in [4.69, 9.17) is 19.2 Å². The summed E-state index contributed by atoms with van der Waals surface area (Å²) >= 11 is 0. The van der Waals surface area contributed by atoms with E-state index in [1.165, 1.54) is 12.1 Å². The maximum atomic E-state index is 13.2. The molecule has 1 aliphatic heterocycles. The third-order valence-corrected chi connectivity index (χ3v) is 5.21. The third-order valence-electron chi connectivity index (χ3n) is 5.21. The molecule has 0 saturated carbocycles. The van der Waals surface area contributed by atoms with Gasteiger partial charge in [0.15, 0.2) is 0 Å². The van der Waals surface area contributed by atoms with Crippen molar-refractivity contribution in [1.29, 1.82) is 0 Å². The summed E-state index contributed by atoms with van der Waals surface area (Å²) in [6, 6.07) is 10.0. The highest BCUT2D eigenvalue weighted by Gasteiger charge is 2.33. The Morgan fingerprint density at radius 3 is 1.61 bits per heavy atom. The summed E-state index contributed by atoms with van der Waals surface area (Å²) in [5.74, 6) is 0. The summed E-state index contributed by atoms with van der Waals surface area (Å²) in [6.45, 7) is 4.45. The maximum absolute atomic E-state index is 13.2. The van der Waals surface area contributed by atoms with Gasteiger partial charge in [-0.1, -0.05) is 26.0 Å². The summed E-state index contributed by atoms with van der Waals surface area (Å²) in [5, 5.41) is 0. The molecule has 0 bridgehead atoms. The number of allylic oxidation sites excluding steroid dienone is 1. The topological polar surface area (TPSA) is 74.8 Å². The summed E-state index contributed by atoms with van der Waals surface area (Å²) < 4.78 is 79.1. The van der Waals surface area contributed by atoms with Crippen LogP contribution in [0.5, 0.6) is 0 Å². The van der Waals surface area contributed by atoms with E-state index in [0.717, 1.165) is 35.5 Å². The Balaban J connectivity index is 0.000000982. The van der Waals surface area contributed by atoms with Crippen molar-refractivity contribution in [2.75, 3.05) is 23.0 Å². The van der Waals surface area contributed by atoms with E-state index in [1.807, 2.05) is 13.8 Å². The Morgan fingerprint density at radius 2 is 1.19 bits per heavy atom. The highest BCUT2D eigenvalue weighted by atomic mass is 19.4. The quantitative estimate of drug-likeness (QED) is 0.470. The fourth-order valence-electron chi connectivity index (χ4n) is 3.71. The van der Waals surface area contributed by atoms with E-state index in [0.29, 0.717) is 30.8 Å². The summed E-state index contributed by atoms with van der Waals surface area (Å²) in [5.41, 5.74) is 1.12. The summed E-state index contributed by atoms with van der Waals surface area (Å²) in [6.07, 6.45) is -7.19. The van der Waals surface area contributed by atoms with Crippen LogP contribution in [0.25, 0.3) is 0 Å². The predicted octanol–water partition coefficient (Wildman–Crippen LogP) is 5.92. The molecule has 1 aliphatic rings. The smallest absolute Gasteiger partial charge is 0.349 e. The lowest BCUT2D eigenvalue weighted by Crippen LogP contribution is -2.44. The number of hydrogen-bond acceptors (Lipinski definition) is 6. The lowest BCUT2D eigenvalue weighted by atomic mass is 10.0. The predicted molar refractivity (Wildman–Crippen MR) is 115 cm³/mol. The van der Waals surface area contributed by atoms with E-state index in [9.17, 15) is 26.3 Å². The molecule has 0 aromatic heterocycles. The van der Waals surface area contributed by atoms with Crippen LogP contribution in [0.1, 0.15) is 37.8 Å². The van der Waals surface area contributed by atoms with E-state index in [-0.39, 0.29) is 19.0 Å². The number of halogens is 6. The fourth-order valence-corrected chi connectivity index (χ4v) is 3.71. The van der Waals surface area contributed by atoms with Gasteiger partial charge < -0.3 is 9.80 Å². The van der Waals surface area contributed by atoms with Crippen LogP contribution in [0.15, 0.2) is 59.8 Å². The van der Waals surface area contributed by atoms with Crippen molar-refractivity contribution in [3.05, 3.63) is 70.9 Å². The van der Waals surface area contributed by atoms with Crippen molar-refractivity contribution in [1.82, 2.24) is 0 Å². The summed E-state index contributed by atoms with van der Waals surface area (Å²) in [4.78, 5) is 36.0. The Hall–Kier alpha value is -3.88. The van der Waals surface area contributed by atoms with Crippen LogP contribution in [0.4, 0.5) is 37.7 Å². The van der Waals surface area contributed by atoms with Gasteiger partial charge in [-0.3, -0.25) is 0 Å². The zero-order valence-corrected chi connectivity index (χ0v) is 19.2. The summed E-state index contributed by atoms with van der Waals surface area (Å²) in [7, 11) is 0. The Labute approximate surface area is 202 Å². The first-order valence-electron chi connectivity index (χ1n) is 10.4. The van der Waals surface area contributed by atoms with Crippen LogP contribution in [0, 0.1) is 0 Å². The Morgan fingerprint density at radius 1 is 0.750 bits per heavy atom. The first-order valence-corrected chi connectivity index (χ1v) is 10.4. The van der Waals surface area contributed by atoms with Crippen LogP contribution < -0.4 is 9.80 Å². The van der Waals surface area contributed by atoms with Crippen molar-refractivity contribution in [2.24, 2.45) is 0 Å². The molecule has 36 heavy (non-hydrogen) atoms. The molecule has 0 amide bonds. The fraction of sp³-hybridized carbons (Fsp3) is 0.333. The molecular formula is C24H22F6N2O4. The molecule has 12 heteroatoms. The van der Waals surface area contributed by atoms with Gasteiger partial charge in [-0.2, -0.15) is 45.5 Å². The average molecular weight is 516 g/mol. The molecule has 2 aromatic carbocycles. The van der Waals surface area contributed by atoms with Crippen molar-refractivity contribution >= 4 is 23.7 Å². The molecule has 0 radical (unpaired) electrons. The van der Waals surface area contributed by atoms with Crippen molar-refractivity contribution < 1.29 is 45.5 Å². The third kappa shape index (κ3) is 8.11. The lowest BCUT2D eigenvalue weighted by Gasteiger charge is -2.41. The number of alkyl halides is 6. The number of hydrogen-bond donors (Lipinski definition) is 0. The van der Waals surface area contributed by atoms with Crippen molar-refractivity contribution in [2.45, 2.75) is 39.0 Å². The molecule has 6 nitrogen and oxygen atoms in total. The molecule has 0 saturated heterocycles. The van der Waals surface area contributed by atoms with Crippen molar-refractivity contribution in [3.8, 4) is 0 Å². The van der Waals surface area contributed by atoms with E-state index >= 15 is 0 Å². The normalized spacial score (nSPS) is 13.6. The van der Waals surface area contributed by atoms with Crippen LogP contribution in [-0.4, -0.2) is 25.5 Å². The van der Waals surface area contributed by atoms with Crippen molar-refractivity contribution in [3.63, 3.8) is 0 Å². The molecule has 1 heterocycles. The SMILES string of the molecule is CCC1=C(CC)N(c2cccc(C(F)(F)F)c2)CN(c2cccc(C(F)(F)F)c2)C1.O=C=O.O=C=O. The number of nitrogens with zero attached hydrogens (tertiary/aromatic N) is 2. The highest BCUT2D eigenvalue weighted by molar-refractivity contribution is 5.61. The number of carbonyl (C=O) groups excluding carboxylic acids is 4. The molecular weight excluding hydrogens is 494 g/mol. The molecule has 194 valence electrons. The zero-order valence-electron chi connectivity index (χ0n) is 19.2. The first kappa shape index (κ1) is 30.2. The monoisotopic (exact) mass is 516 g/mol. The van der Waals surface area contributed by atoms with Crippen LogP contribution in [-0.2, 0) is 31.5 Å². The van der Waals surface area contributed by atoms with E-state index in [2.05, 4.69) is 0 Å². The van der Waals surface area contributed by atoms with Gasteiger partial charge in [0.2, 0.25) is 0 Å². The minimum atomic E-state index is -4.48. The minimum absolute atomic E-state index is 0.162. The lowest BCUT2D eigenvalue weighted by molar-refractivity contribution is -0.193. The molecule has 0 unspecified atom stereocenters. The second-order valence-electron chi connectivity index (χ2n) is 7.29. The average Bonchev–Trinajstić information content (AvgIpc) is 2.83. The maximum Gasteiger partial charge on any atom is 0.416 e. The van der Waals surface area contributed by atoms with Gasteiger partial charge in [0.25, 0.3) is 0 Å². The van der Waals surface area contributed by atoms with Gasteiger partial charge in [0.05, 0.1) is 17.8 Å². The Bertz CT molecular complexity index is 1100.